The molecule has 2 aliphatic rings. The molecule has 0 spiro atoms. The van der Waals surface area contributed by atoms with Crippen LogP contribution in [0.3, 0.4) is 0 Å². The predicted octanol–water partition coefficient (Wildman–Crippen LogP) is 4.32. The van der Waals surface area contributed by atoms with Crippen molar-refractivity contribution >= 4 is 12.4 Å². The summed E-state index contributed by atoms with van der Waals surface area (Å²) in [5, 5.41) is 4.04. The molecule has 1 heterocycles. The summed E-state index contributed by atoms with van der Waals surface area (Å²) in [6.45, 7) is 0. The van der Waals surface area contributed by atoms with Gasteiger partial charge in [-0.15, -0.1) is 12.4 Å². The fourth-order valence-electron chi connectivity index (χ4n) is 3.59. The molecule has 2 N–H and O–H groups in total. The monoisotopic (exact) mass is 373 g/mol. The molecule has 1 aromatic carbocycles. The Hall–Kier alpha value is -1.60. The Bertz CT molecular complexity index is 764. The minimum atomic E-state index is -4.36. The molecule has 2 fully saturated rings. The first-order chi connectivity index (χ1) is 11.3. The van der Waals surface area contributed by atoms with Crippen LogP contribution >= 0.6 is 12.4 Å². The maximum Gasteiger partial charge on any atom is 0.416 e. The van der Waals surface area contributed by atoms with E-state index in [1.54, 1.807) is 6.07 Å². The van der Waals surface area contributed by atoms with Crippen LogP contribution in [0.4, 0.5) is 13.2 Å². The lowest BCUT2D eigenvalue weighted by Gasteiger charge is -2.18. The number of halogens is 4. The Labute approximate surface area is 149 Å². The average Bonchev–Trinajstić information content (AvgIpc) is 2.98. The second-order valence-corrected chi connectivity index (χ2v) is 6.95. The Morgan fingerprint density at radius 3 is 2.36 bits per heavy atom. The first-order valence-corrected chi connectivity index (χ1v) is 8.15. The second-order valence-electron chi connectivity index (χ2n) is 6.95. The maximum absolute atomic E-state index is 13.0. The number of nitrogens with zero attached hydrogens (tertiary/aromatic N) is 2. The summed E-state index contributed by atoms with van der Waals surface area (Å²) in [7, 11) is 0. The van der Waals surface area contributed by atoms with Crippen LogP contribution in [0.2, 0.25) is 0 Å². The lowest BCUT2D eigenvalue weighted by Crippen LogP contribution is -2.34. The molecule has 4 nitrogen and oxygen atoms in total. The van der Waals surface area contributed by atoms with E-state index in [1.807, 2.05) is 0 Å². The molecule has 136 valence electrons. The fourth-order valence-corrected chi connectivity index (χ4v) is 3.59. The highest BCUT2D eigenvalue weighted by Crippen LogP contribution is 2.53. The molecule has 0 bridgehead atoms. The van der Waals surface area contributed by atoms with Crippen LogP contribution in [0.5, 0.6) is 0 Å². The maximum atomic E-state index is 13.0. The lowest BCUT2D eigenvalue weighted by molar-refractivity contribution is -0.137. The molecule has 4 rings (SSSR count). The number of hydrogen-bond donors (Lipinski definition) is 1. The molecule has 25 heavy (non-hydrogen) atoms. The Kier molecular flexibility index (Phi) is 4.36. The molecule has 2 aliphatic carbocycles. The van der Waals surface area contributed by atoms with Crippen LogP contribution in [0.25, 0.3) is 0 Å². The average molecular weight is 374 g/mol. The number of aromatic nitrogens is 2. The van der Waals surface area contributed by atoms with Crippen LogP contribution in [-0.4, -0.2) is 10.1 Å². The van der Waals surface area contributed by atoms with Crippen LogP contribution in [0.15, 0.2) is 28.8 Å². The van der Waals surface area contributed by atoms with Gasteiger partial charge < -0.3 is 10.3 Å². The number of nitrogens with two attached hydrogens (primary N) is 1. The summed E-state index contributed by atoms with van der Waals surface area (Å²) in [5.74, 6) is 0.863. The molecule has 8 heteroatoms. The molecular formula is C17H19ClF3N3O. The summed E-state index contributed by atoms with van der Waals surface area (Å²) in [6.07, 6.45) is 0.710. The van der Waals surface area contributed by atoms with E-state index >= 15 is 0 Å². The summed E-state index contributed by atoms with van der Waals surface area (Å²) < 4.78 is 44.3. The zero-order valence-corrected chi connectivity index (χ0v) is 14.3. The van der Waals surface area contributed by atoms with Crippen molar-refractivity contribution in [2.45, 2.75) is 55.7 Å². The number of hydrogen-bond acceptors (Lipinski definition) is 4. The number of rotatable bonds is 3. The molecule has 1 aromatic heterocycles. The van der Waals surface area contributed by atoms with Gasteiger partial charge in [0.25, 0.3) is 0 Å². The molecule has 0 amide bonds. The molecule has 2 aromatic rings. The Balaban J connectivity index is 0.00000182. The third-order valence-corrected chi connectivity index (χ3v) is 5.27. The van der Waals surface area contributed by atoms with Gasteiger partial charge in [0, 0.05) is 0 Å². The molecule has 2 saturated carbocycles. The van der Waals surface area contributed by atoms with Crippen molar-refractivity contribution in [2.75, 3.05) is 0 Å². The van der Waals surface area contributed by atoms with Gasteiger partial charge in [0.2, 0.25) is 5.89 Å². The van der Waals surface area contributed by atoms with E-state index in [0.717, 1.165) is 31.7 Å². The van der Waals surface area contributed by atoms with Crippen molar-refractivity contribution in [3.63, 3.8) is 0 Å². The first kappa shape index (κ1) is 18.2. The van der Waals surface area contributed by atoms with E-state index in [1.165, 1.54) is 12.1 Å². The Morgan fingerprint density at radius 2 is 1.76 bits per heavy atom. The van der Waals surface area contributed by atoms with Crippen molar-refractivity contribution in [3.8, 4) is 0 Å². The van der Waals surface area contributed by atoms with Crippen molar-refractivity contribution < 1.29 is 17.7 Å². The van der Waals surface area contributed by atoms with Crippen LogP contribution in [0.1, 0.15) is 61.4 Å². The van der Waals surface area contributed by atoms with Crippen LogP contribution in [-0.2, 0) is 17.1 Å². The number of benzene rings is 1. The minimum absolute atomic E-state index is 0. The standard InChI is InChI=1S/C17H18F3N3O.ClH/c18-17(19,20)12-5-3-4-11(10-12)15(8-9-15)14-22-13(23-24-14)16(21)6-1-2-7-16;/h3-5,10H,1-2,6-9,21H2;1H. The van der Waals surface area contributed by atoms with Crippen molar-refractivity contribution in [2.24, 2.45) is 5.73 Å². The second kappa shape index (κ2) is 5.99. The van der Waals surface area contributed by atoms with Gasteiger partial charge in [-0.05, 0) is 37.3 Å². The third-order valence-electron chi connectivity index (χ3n) is 5.27. The highest BCUT2D eigenvalue weighted by Gasteiger charge is 2.52. The van der Waals surface area contributed by atoms with E-state index in [-0.39, 0.29) is 12.4 Å². The molecule has 0 unspecified atom stereocenters. The van der Waals surface area contributed by atoms with Gasteiger partial charge in [0.05, 0.1) is 16.5 Å². The third kappa shape index (κ3) is 3.04. The highest BCUT2D eigenvalue weighted by molar-refractivity contribution is 5.85. The minimum Gasteiger partial charge on any atom is -0.338 e. The molecular weight excluding hydrogens is 355 g/mol. The quantitative estimate of drug-likeness (QED) is 0.870. The lowest BCUT2D eigenvalue weighted by atomic mass is 9.93. The van der Waals surface area contributed by atoms with E-state index in [9.17, 15) is 13.2 Å². The molecule has 0 aliphatic heterocycles. The smallest absolute Gasteiger partial charge is 0.338 e. The van der Waals surface area contributed by atoms with Gasteiger partial charge in [0.15, 0.2) is 5.82 Å². The topological polar surface area (TPSA) is 64.9 Å². The van der Waals surface area contributed by atoms with E-state index < -0.39 is 22.7 Å². The Morgan fingerprint density at radius 1 is 1.08 bits per heavy atom. The van der Waals surface area contributed by atoms with Crippen molar-refractivity contribution in [3.05, 3.63) is 47.1 Å². The van der Waals surface area contributed by atoms with E-state index in [4.69, 9.17) is 10.3 Å². The molecule has 0 saturated heterocycles. The van der Waals surface area contributed by atoms with Crippen molar-refractivity contribution in [1.82, 2.24) is 10.1 Å². The highest BCUT2D eigenvalue weighted by atomic mass is 35.5. The summed E-state index contributed by atoms with van der Waals surface area (Å²) in [5.41, 5.74) is 5.10. The number of alkyl halides is 3. The summed E-state index contributed by atoms with van der Waals surface area (Å²) >= 11 is 0. The normalized spacial score (nSPS) is 21.0. The van der Waals surface area contributed by atoms with E-state index in [2.05, 4.69) is 10.1 Å². The van der Waals surface area contributed by atoms with Gasteiger partial charge in [0.1, 0.15) is 0 Å². The summed E-state index contributed by atoms with van der Waals surface area (Å²) in [4.78, 5) is 4.48. The van der Waals surface area contributed by atoms with Gasteiger partial charge in [-0.1, -0.05) is 36.2 Å². The van der Waals surface area contributed by atoms with E-state index in [0.29, 0.717) is 30.1 Å². The zero-order chi connectivity index (χ0) is 17.0. The van der Waals surface area contributed by atoms with Gasteiger partial charge >= 0.3 is 6.18 Å². The fraction of sp³-hybridized carbons (Fsp3) is 0.529. The first-order valence-electron chi connectivity index (χ1n) is 8.15. The zero-order valence-electron chi connectivity index (χ0n) is 13.5. The SMILES string of the molecule is Cl.NC1(c2noc(C3(c4cccc(C(F)(F)F)c4)CC3)n2)CCCC1. The molecule has 0 atom stereocenters. The summed E-state index contributed by atoms with van der Waals surface area (Å²) in [6, 6.07) is 5.38. The predicted molar refractivity (Wildman–Crippen MR) is 87.3 cm³/mol. The largest absolute Gasteiger partial charge is 0.416 e. The van der Waals surface area contributed by atoms with Crippen LogP contribution < -0.4 is 5.73 Å². The molecule has 0 radical (unpaired) electrons. The van der Waals surface area contributed by atoms with Gasteiger partial charge in [-0.3, -0.25) is 0 Å². The van der Waals surface area contributed by atoms with Gasteiger partial charge in [-0.25, -0.2) is 0 Å². The van der Waals surface area contributed by atoms with Crippen LogP contribution in [0, 0.1) is 0 Å². The van der Waals surface area contributed by atoms with Gasteiger partial charge in [-0.2, -0.15) is 18.2 Å². The van der Waals surface area contributed by atoms with Crippen molar-refractivity contribution in [1.29, 1.82) is 0 Å².